The molecule has 1 saturated heterocycles. The molecule has 0 spiro atoms. The summed E-state index contributed by atoms with van der Waals surface area (Å²) in [7, 11) is 1.02. The molecule has 0 bridgehead atoms. The van der Waals surface area contributed by atoms with Crippen molar-refractivity contribution in [2.75, 3.05) is 6.54 Å². The van der Waals surface area contributed by atoms with Crippen LogP contribution in [0.1, 0.15) is 6.42 Å². The molecule has 0 aliphatic carbocycles. The van der Waals surface area contributed by atoms with Crippen molar-refractivity contribution >= 4 is 10.2 Å². The van der Waals surface area contributed by atoms with Crippen LogP contribution in [0.5, 0.6) is 0 Å². The van der Waals surface area contributed by atoms with Gasteiger partial charge in [0.25, 0.3) is 0 Å². The Morgan fingerprint density at radius 3 is 3.00 bits per heavy atom. The van der Waals surface area contributed by atoms with Gasteiger partial charge in [-0.2, -0.15) is 5.26 Å². The standard InChI is InChI=1S/C8H13FN2Si/c1-6(5-12)11-4-7(9)2-8(11)3-10/h7-8H,1-2,4-5H2,12H3/t7-,8-/m0/s1. The third-order valence-electron chi connectivity index (χ3n) is 2.21. The number of nitriles is 1. The zero-order valence-electron chi connectivity index (χ0n) is 7.26. The molecule has 0 aromatic heterocycles. The number of allylic oxidation sites excluding steroid dienone is 1. The molecule has 0 saturated carbocycles. The molecular formula is C8H13FN2Si. The lowest BCUT2D eigenvalue weighted by Crippen LogP contribution is -2.27. The number of likely N-dealkylation sites (tertiary alicyclic amines) is 1. The Morgan fingerprint density at radius 2 is 2.50 bits per heavy atom. The molecule has 2 nitrogen and oxygen atoms in total. The summed E-state index contributed by atoms with van der Waals surface area (Å²) >= 11 is 0. The molecule has 0 unspecified atom stereocenters. The molecule has 0 amide bonds. The monoisotopic (exact) mass is 184 g/mol. The normalized spacial score (nSPS) is 28.8. The van der Waals surface area contributed by atoms with Crippen molar-refractivity contribution in [3.05, 3.63) is 12.3 Å². The Kier molecular flexibility index (Phi) is 2.87. The van der Waals surface area contributed by atoms with Gasteiger partial charge >= 0.3 is 0 Å². The zero-order chi connectivity index (χ0) is 9.14. The zero-order valence-corrected chi connectivity index (χ0v) is 9.26. The lowest BCUT2D eigenvalue weighted by Gasteiger charge is -2.22. The van der Waals surface area contributed by atoms with E-state index in [1.807, 2.05) is 0 Å². The van der Waals surface area contributed by atoms with Gasteiger partial charge in [-0.05, 0) is 6.04 Å². The van der Waals surface area contributed by atoms with Crippen LogP contribution in [0, 0.1) is 11.3 Å². The van der Waals surface area contributed by atoms with Crippen LogP contribution in [0.15, 0.2) is 12.3 Å². The van der Waals surface area contributed by atoms with E-state index in [1.165, 1.54) is 0 Å². The summed E-state index contributed by atoms with van der Waals surface area (Å²) in [5.41, 5.74) is 0.924. The maximum absolute atomic E-state index is 12.9. The van der Waals surface area contributed by atoms with Gasteiger partial charge < -0.3 is 4.90 Å². The lowest BCUT2D eigenvalue weighted by atomic mass is 10.2. The van der Waals surface area contributed by atoms with Crippen LogP contribution in [0.25, 0.3) is 0 Å². The second kappa shape index (κ2) is 3.72. The Bertz CT molecular complexity index is 224. The molecule has 4 heteroatoms. The van der Waals surface area contributed by atoms with E-state index in [0.29, 0.717) is 13.0 Å². The first-order chi connectivity index (χ1) is 5.69. The molecule has 2 atom stereocenters. The van der Waals surface area contributed by atoms with Crippen LogP contribution in [0.4, 0.5) is 4.39 Å². The maximum atomic E-state index is 12.9. The average molecular weight is 184 g/mol. The second-order valence-electron chi connectivity index (χ2n) is 3.05. The molecule has 1 fully saturated rings. The topological polar surface area (TPSA) is 27.0 Å². The molecule has 0 N–H and O–H groups in total. The van der Waals surface area contributed by atoms with E-state index in [9.17, 15) is 4.39 Å². The molecule has 0 aromatic rings. The van der Waals surface area contributed by atoms with Crippen LogP contribution in [-0.4, -0.2) is 33.9 Å². The van der Waals surface area contributed by atoms with Crippen molar-refractivity contribution in [2.45, 2.75) is 24.7 Å². The molecule has 0 aromatic carbocycles. The molecular weight excluding hydrogens is 171 g/mol. The summed E-state index contributed by atoms with van der Waals surface area (Å²) in [5.74, 6) is 0. The van der Waals surface area contributed by atoms with Crippen molar-refractivity contribution in [1.82, 2.24) is 4.90 Å². The first kappa shape index (κ1) is 9.27. The minimum Gasteiger partial charge on any atom is -0.357 e. The van der Waals surface area contributed by atoms with E-state index in [0.717, 1.165) is 22.0 Å². The Hall–Kier alpha value is -0.823. The number of alkyl halides is 1. The van der Waals surface area contributed by atoms with Gasteiger partial charge in [0.15, 0.2) is 0 Å². The number of hydrogen-bond donors (Lipinski definition) is 0. The third-order valence-corrected chi connectivity index (χ3v) is 3.03. The predicted octanol–water partition coefficient (Wildman–Crippen LogP) is 0.220. The van der Waals surface area contributed by atoms with Crippen LogP contribution in [0.2, 0.25) is 6.04 Å². The van der Waals surface area contributed by atoms with Crippen molar-refractivity contribution < 1.29 is 4.39 Å². The SMILES string of the molecule is C=C(C[SiH3])N1C[C@@H](F)C[C@H]1C#N. The second-order valence-corrected chi connectivity index (χ2v) is 3.76. The highest BCUT2D eigenvalue weighted by molar-refractivity contribution is 6.10. The fourth-order valence-electron chi connectivity index (χ4n) is 1.46. The molecule has 1 aliphatic rings. The molecule has 66 valence electrons. The van der Waals surface area contributed by atoms with Crippen LogP contribution < -0.4 is 0 Å². The summed E-state index contributed by atoms with van der Waals surface area (Å²) in [6.45, 7) is 4.19. The fraction of sp³-hybridized carbons (Fsp3) is 0.625. The Labute approximate surface area is 75.1 Å². The minimum absolute atomic E-state index is 0.276. The third kappa shape index (κ3) is 1.67. The Balaban J connectivity index is 2.65. The summed E-state index contributed by atoms with van der Waals surface area (Å²) in [4.78, 5) is 1.80. The van der Waals surface area contributed by atoms with Gasteiger partial charge in [0.05, 0.1) is 12.6 Å². The molecule has 0 radical (unpaired) electrons. The summed E-state index contributed by atoms with van der Waals surface area (Å²) in [5, 5.41) is 8.71. The smallest absolute Gasteiger partial charge is 0.121 e. The summed E-state index contributed by atoms with van der Waals surface area (Å²) < 4.78 is 12.9. The van der Waals surface area contributed by atoms with Crippen LogP contribution in [-0.2, 0) is 0 Å². The average Bonchev–Trinajstić information content (AvgIpc) is 2.45. The number of halogens is 1. The summed E-state index contributed by atoms with van der Waals surface area (Å²) in [6, 6.07) is 2.75. The highest BCUT2D eigenvalue weighted by atomic mass is 28.1. The van der Waals surface area contributed by atoms with Crippen molar-refractivity contribution in [1.29, 1.82) is 5.26 Å². The first-order valence-corrected chi connectivity index (χ1v) is 5.58. The van der Waals surface area contributed by atoms with Crippen molar-refractivity contribution in [3.8, 4) is 6.07 Å². The minimum atomic E-state index is -0.848. The van der Waals surface area contributed by atoms with E-state index in [-0.39, 0.29) is 6.04 Å². The maximum Gasteiger partial charge on any atom is 0.121 e. The van der Waals surface area contributed by atoms with Crippen molar-refractivity contribution in [3.63, 3.8) is 0 Å². The highest BCUT2D eigenvalue weighted by Crippen LogP contribution is 2.24. The first-order valence-electron chi connectivity index (χ1n) is 4.17. The molecule has 1 aliphatic heterocycles. The van der Waals surface area contributed by atoms with E-state index in [2.05, 4.69) is 12.6 Å². The van der Waals surface area contributed by atoms with E-state index < -0.39 is 6.17 Å². The van der Waals surface area contributed by atoms with E-state index in [1.54, 1.807) is 4.90 Å². The van der Waals surface area contributed by atoms with E-state index in [4.69, 9.17) is 5.26 Å². The number of nitrogens with zero attached hydrogens (tertiary/aromatic N) is 2. The Morgan fingerprint density at radius 1 is 1.83 bits per heavy atom. The van der Waals surface area contributed by atoms with E-state index >= 15 is 0 Å². The molecule has 12 heavy (non-hydrogen) atoms. The molecule has 1 rings (SSSR count). The van der Waals surface area contributed by atoms with Gasteiger partial charge in [-0.25, -0.2) is 4.39 Å². The fourth-order valence-corrected chi connectivity index (χ4v) is 1.87. The largest absolute Gasteiger partial charge is 0.357 e. The van der Waals surface area contributed by atoms with Gasteiger partial charge in [0, 0.05) is 22.4 Å². The van der Waals surface area contributed by atoms with Gasteiger partial charge in [0.2, 0.25) is 0 Å². The van der Waals surface area contributed by atoms with Crippen LogP contribution in [0.3, 0.4) is 0 Å². The van der Waals surface area contributed by atoms with Crippen LogP contribution >= 0.6 is 0 Å². The van der Waals surface area contributed by atoms with Gasteiger partial charge in [-0.15, -0.1) is 0 Å². The lowest BCUT2D eigenvalue weighted by molar-refractivity contribution is 0.319. The quantitative estimate of drug-likeness (QED) is 0.574. The highest BCUT2D eigenvalue weighted by Gasteiger charge is 2.31. The number of rotatable bonds is 2. The van der Waals surface area contributed by atoms with Gasteiger partial charge in [-0.3, -0.25) is 0 Å². The van der Waals surface area contributed by atoms with Gasteiger partial charge in [0.1, 0.15) is 12.2 Å². The number of hydrogen-bond acceptors (Lipinski definition) is 2. The predicted molar refractivity (Wildman–Crippen MR) is 49.5 cm³/mol. The van der Waals surface area contributed by atoms with Crippen molar-refractivity contribution in [2.24, 2.45) is 0 Å². The molecule has 1 heterocycles. The van der Waals surface area contributed by atoms with Gasteiger partial charge in [-0.1, -0.05) is 6.58 Å². The summed E-state index contributed by atoms with van der Waals surface area (Å²) in [6.07, 6.45) is -0.503.